The highest BCUT2D eigenvalue weighted by Gasteiger charge is 2.26. The molecule has 1 N–H and O–H groups in total. The summed E-state index contributed by atoms with van der Waals surface area (Å²) in [6.45, 7) is 2.39. The molecule has 2 aromatic rings. The Bertz CT molecular complexity index is 795. The third-order valence-corrected chi connectivity index (χ3v) is 4.77. The van der Waals surface area contributed by atoms with Crippen LogP contribution in [0.2, 0.25) is 5.02 Å². The maximum Gasteiger partial charge on any atom is 0.271 e. The zero-order valence-corrected chi connectivity index (χ0v) is 15.0. The average Bonchev–Trinajstić information content (AvgIpc) is 2.64. The van der Waals surface area contributed by atoms with E-state index in [1.807, 2.05) is 24.3 Å². The summed E-state index contributed by atoms with van der Waals surface area (Å²) in [7, 11) is 0. The van der Waals surface area contributed by atoms with Crippen LogP contribution in [0.1, 0.15) is 18.4 Å². The highest BCUT2D eigenvalue weighted by Crippen LogP contribution is 2.22. The van der Waals surface area contributed by atoms with E-state index < -0.39 is 4.92 Å². The molecule has 1 amide bonds. The van der Waals surface area contributed by atoms with Crippen molar-refractivity contribution in [3.8, 4) is 0 Å². The molecule has 0 aromatic heterocycles. The molecule has 1 aliphatic heterocycles. The monoisotopic (exact) mass is 373 g/mol. The summed E-state index contributed by atoms with van der Waals surface area (Å²) in [6, 6.07) is 13.8. The van der Waals surface area contributed by atoms with Gasteiger partial charge in [-0.2, -0.15) is 0 Å². The maximum absolute atomic E-state index is 12.6. The summed E-state index contributed by atoms with van der Waals surface area (Å²) in [6.07, 6.45) is 1.76. The van der Waals surface area contributed by atoms with Crippen LogP contribution in [0.5, 0.6) is 0 Å². The summed E-state index contributed by atoms with van der Waals surface area (Å²) < 4.78 is 0. The molecule has 0 radical (unpaired) electrons. The van der Waals surface area contributed by atoms with E-state index in [1.165, 1.54) is 12.1 Å². The lowest BCUT2D eigenvalue weighted by atomic mass is 9.96. The standard InChI is InChI=1S/C19H20ClN3O3/c20-16-8-6-14(7-9-16)12-22-10-2-3-15(13-22)19(24)21-17-4-1-5-18(11-17)23(25)26/h1,4-9,11,15H,2-3,10,12-13H2,(H,21,24). The molecule has 2 aromatic carbocycles. The van der Waals surface area contributed by atoms with Crippen LogP contribution < -0.4 is 5.32 Å². The lowest BCUT2D eigenvalue weighted by Gasteiger charge is -2.32. The zero-order valence-electron chi connectivity index (χ0n) is 14.2. The zero-order chi connectivity index (χ0) is 18.5. The number of nitro benzene ring substituents is 1. The van der Waals surface area contributed by atoms with Gasteiger partial charge in [0.25, 0.3) is 5.69 Å². The summed E-state index contributed by atoms with van der Waals surface area (Å²) in [5, 5.41) is 14.4. The number of nitrogens with one attached hydrogen (secondary N) is 1. The number of hydrogen-bond donors (Lipinski definition) is 1. The first kappa shape index (κ1) is 18.4. The fourth-order valence-corrected chi connectivity index (χ4v) is 3.33. The molecule has 1 atom stereocenters. The molecule has 1 aliphatic rings. The van der Waals surface area contributed by atoms with Crippen molar-refractivity contribution in [2.24, 2.45) is 5.92 Å². The van der Waals surface area contributed by atoms with E-state index >= 15 is 0 Å². The summed E-state index contributed by atoms with van der Waals surface area (Å²) >= 11 is 5.92. The fraction of sp³-hybridized carbons (Fsp3) is 0.316. The Labute approximate surface area is 156 Å². The van der Waals surface area contributed by atoms with Gasteiger partial charge in [-0.1, -0.05) is 29.8 Å². The molecule has 0 saturated carbocycles. The number of nitro groups is 1. The van der Waals surface area contributed by atoms with E-state index in [0.29, 0.717) is 17.3 Å². The number of non-ortho nitro benzene ring substituents is 1. The van der Waals surface area contributed by atoms with Crippen molar-refractivity contribution < 1.29 is 9.72 Å². The van der Waals surface area contributed by atoms with Crippen LogP contribution in [0.25, 0.3) is 0 Å². The van der Waals surface area contributed by atoms with Gasteiger partial charge in [0.15, 0.2) is 0 Å². The first-order chi connectivity index (χ1) is 12.5. The van der Waals surface area contributed by atoms with Crippen LogP contribution in [0.15, 0.2) is 48.5 Å². The van der Waals surface area contributed by atoms with E-state index in [2.05, 4.69) is 10.2 Å². The van der Waals surface area contributed by atoms with Crippen molar-refractivity contribution in [1.29, 1.82) is 0 Å². The molecular formula is C19H20ClN3O3. The van der Waals surface area contributed by atoms with Gasteiger partial charge in [-0.3, -0.25) is 19.8 Å². The molecule has 6 nitrogen and oxygen atoms in total. The normalized spacial score (nSPS) is 17.7. The van der Waals surface area contributed by atoms with Gasteiger partial charge >= 0.3 is 0 Å². The minimum atomic E-state index is -0.468. The third-order valence-electron chi connectivity index (χ3n) is 4.52. The first-order valence-corrected chi connectivity index (χ1v) is 8.91. The van der Waals surface area contributed by atoms with E-state index in [-0.39, 0.29) is 17.5 Å². The van der Waals surface area contributed by atoms with Crippen LogP contribution in [-0.4, -0.2) is 28.8 Å². The number of amides is 1. The number of carbonyl (C=O) groups is 1. The van der Waals surface area contributed by atoms with Crippen LogP contribution in [0.4, 0.5) is 11.4 Å². The predicted molar refractivity (Wildman–Crippen MR) is 101 cm³/mol. The Morgan fingerprint density at radius 3 is 2.77 bits per heavy atom. The topological polar surface area (TPSA) is 75.5 Å². The Hall–Kier alpha value is -2.44. The van der Waals surface area contributed by atoms with Crippen LogP contribution >= 0.6 is 11.6 Å². The van der Waals surface area contributed by atoms with Crippen molar-refractivity contribution in [3.63, 3.8) is 0 Å². The minimum absolute atomic E-state index is 0.0317. The SMILES string of the molecule is O=C(Nc1cccc([N+](=O)[O-])c1)C1CCCN(Cc2ccc(Cl)cc2)C1. The van der Waals surface area contributed by atoms with Gasteiger partial charge in [0.1, 0.15) is 0 Å². The lowest BCUT2D eigenvalue weighted by molar-refractivity contribution is -0.384. The molecule has 7 heteroatoms. The number of halogens is 1. The van der Waals surface area contributed by atoms with Gasteiger partial charge in [-0.25, -0.2) is 0 Å². The molecule has 0 aliphatic carbocycles. The molecule has 0 bridgehead atoms. The Balaban J connectivity index is 1.60. The van der Waals surface area contributed by atoms with Gasteiger partial charge in [0.05, 0.1) is 10.8 Å². The number of anilines is 1. The minimum Gasteiger partial charge on any atom is -0.326 e. The highest BCUT2D eigenvalue weighted by atomic mass is 35.5. The number of rotatable bonds is 5. The Kier molecular flexibility index (Phi) is 5.85. The third kappa shape index (κ3) is 4.80. The fourth-order valence-electron chi connectivity index (χ4n) is 3.20. The van der Waals surface area contributed by atoms with Crippen molar-refractivity contribution in [2.75, 3.05) is 18.4 Å². The predicted octanol–water partition coefficient (Wildman–Crippen LogP) is 4.10. The van der Waals surface area contributed by atoms with Gasteiger partial charge in [-0.05, 0) is 43.1 Å². The van der Waals surface area contributed by atoms with E-state index in [4.69, 9.17) is 11.6 Å². The first-order valence-electron chi connectivity index (χ1n) is 8.53. The molecule has 0 spiro atoms. The number of benzene rings is 2. The van der Waals surface area contributed by atoms with E-state index in [9.17, 15) is 14.9 Å². The van der Waals surface area contributed by atoms with E-state index in [0.717, 1.165) is 31.5 Å². The van der Waals surface area contributed by atoms with Crippen molar-refractivity contribution >= 4 is 28.9 Å². The van der Waals surface area contributed by atoms with E-state index in [1.54, 1.807) is 12.1 Å². The van der Waals surface area contributed by atoms with Crippen molar-refractivity contribution in [1.82, 2.24) is 4.90 Å². The van der Waals surface area contributed by atoms with Crippen LogP contribution in [0.3, 0.4) is 0 Å². The molecule has 3 rings (SSSR count). The molecule has 1 fully saturated rings. The molecule has 1 unspecified atom stereocenters. The number of carbonyl (C=O) groups excluding carboxylic acids is 1. The Morgan fingerprint density at radius 1 is 1.27 bits per heavy atom. The van der Waals surface area contributed by atoms with Crippen molar-refractivity contribution in [3.05, 3.63) is 69.2 Å². The van der Waals surface area contributed by atoms with Crippen LogP contribution in [0, 0.1) is 16.0 Å². The maximum atomic E-state index is 12.6. The number of piperidine rings is 1. The van der Waals surface area contributed by atoms with Gasteiger partial charge in [0, 0.05) is 35.9 Å². The average molecular weight is 374 g/mol. The second-order valence-electron chi connectivity index (χ2n) is 6.50. The van der Waals surface area contributed by atoms with Crippen molar-refractivity contribution in [2.45, 2.75) is 19.4 Å². The van der Waals surface area contributed by atoms with Gasteiger partial charge in [-0.15, -0.1) is 0 Å². The second kappa shape index (κ2) is 8.29. The Morgan fingerprint density at radius 2 is 2.04 bits per heavy atom. The second-order valence-corrected chi connectivity index (χ2v) is 6.93. The summed E-state index contributed by atoms with van der Waals surface area (Å²) in [5.74, 6) is -0.221. The van der Waals surface area contributed by atoms with Crippen LogP contribution in [-0.2, 0) is 11.3 Å². The smallest absolute Gasteiger partial charge is 0.271 e. The molecular weight excluding hydrogens is 354 g/mol. The number of hydrogen-bond acceptors (Lipinski definition) is 4. The molecule has 1 heterocycles. The summed E-state index contributed by atoms with van der Waals surface area (Å²) in [5.41, 5.74) is 1.59. The quantitative estimate of drug-likeness (QED) is 0.632. The lowest BCUT2D eigenvalue weighted by Crippen LogP contribution is -2.40. The van der Waals surface area contributed by atoms with Gasteiger partial charge < -0.3 is 5.32 Å². The molecule has 26 heavy (non-hydrogen) atoms. The number of likely N-dealkylation sites (tertiary alicyclic amines) is 1. The number of nitrogens with zero attached hydrogens (tertiary/aromatic N) is 2. The van der Waals surface area contributed by atoms with Gasteiger partial charge in [0.2, 0.25) is 5.91 Å². The summed E-state index contributed by atoms with van der Waals surface area (Å²) in [4.78, 5) is 25.2. The molecule has 136 valence electrons. The molecule has 1 saturated heterocycles. The highest BCUT2D eigenvalue weighted by molar-refractivity contribution is 6.30. The largest absolute Gasteiger partial charge is 0.326 e.